The number of aromatic nitrogens is 9. The van der Waals surface area contributed by atoms with Crippen LogP contribution in [0.25, 0.3) is 0 Å². The Bertz CT molecular complexity index is 3570. The maximum Gasteiger partial charge on any atom is 0.271 e. The third-order valence-electron chi connectivity index (χ3n) is 21.3. The number of rotatable bonds is 70. The van der Waals surface area contributed by atoms with Crippen LogP contribution in [0.15, 0.2) is 18.6 Å². The smallest absolute Gasteiger partial charge is 0.271 e. The zero-order valence-corrected chi connectivity index (χ0v) is 73.7. The third kappa shape index (κ3) is 34.8. The molecule has 50 heteroatoms. The second kappa shape index (κ2) is 56.0. The zero-order valence-electron chi connectivity index (χ0n) is 73.7. The lowest BCUT2D eigenvalue weighted by Crippen LogP contribution is -2.66. The van der Waals surface area contributed by atoms with Crippen molar-refractivity contribution in [3.8, 4) is 0 Å². The highest BCUT2D eigenvalue weighted by Gasteiger charge is 2.63. The van der Waals surface area contributed by atoms with E-state index in [1.54, 1.807) is 32.6 Å². The first-order chi connectivity index (χ1) is 62.5. The molecule has 3 aromatic rings. The van der Waals surface area contributed by atoms with E-state index in [4.69, 9.17) is 119 Å². The molecule has 7 saturated heterocycles. The molecule has 0 aromatic carbocycles. The molecule has 50 nitrogen and oxygen atoms in total. The highest BCUT2D eigenvalue weighted by Crippen LogP contribution is 2.40. The van der Waals surface area contributed by atoms with Crippen molar-refractivity contribution in [1.29, 1.82) is 0 Å². The summed E-state index contributed by atoms with van der Waals surface area (Å²) in [5, 5.41) is 104. The van der Waals surface area contributed by atoms with Crippen LogP contribution in [-0.4, -0.2) is 432 Å². The van der Waals surface area contributed by atoms with Crippen LogP contribution in [0.2, 0.25) is 0 Å². The minimum Gasteiger partial charge on any atom is -0.388 e. The van der Waals surface area contributed by atoms with Crippen LogP contribution in [0.3, 0.4) is 0 Å². The van der Waals surface area contributed by atoms with Gasteiger partial charge in [0.25, 0.3) is 6.48 Å². The van der Waals surface area contributed by atoms with E-state index >= 15 is 0 Å². The summed E-state index contributed by atoms with van der Waals surface area (Å²) in [5.74, 6) is -3.17. The standard InChI is InChI=1S/C79H133N15O35/c1-54(95)82-63-66(100)69(103)77(51-123-72(63)127-77)49-115-34-32-112-28-26-109-23-20-106-17-13-92-38-58(86-89-92)43-117-46-76(85-62(99)11-6-4-8-12-81-61(98)10-7-5-9-16-120-75-121-41-57(80)42-122-75,48-119-45-60-40-94(91-88-60)15-19-108-22-25-111-30-31-114-36-37-126-79-53-125-74(129-79)65(84-56(3)97)68(102)71(79)105)47-118-44-59-39-93(90-87-59)14-18-107-21-24-110-27-29-113-33-35-116-50-78-52-124-73(128-78)64(83-55(2)96)67(101)70(78)104/h38-40,57,63-75,100-105H,4-37,41-53,80H2,1-3H3,(H,81,98)(H,82,95)(H,83,96)(H,84,97)(H,85,99)/t57?,63-,64-,65-,66-,67-,68-,69-,70-,71-,72-,73-,74+,75?,77+,78+,79+/m1/s1. The fourth-order valence-electron chi connectivity index (χ4n) is 14.6. The van der Waals surface area contributed by atoms with Gasteiger partial charge in [-0.05, 0) is 25.7 Å². The summed E-state index contributed by atoms with van der Waals surface area (Å²) in [6, 6.07) is -2.96. The molecule has 129 heavy (non-hydrogen) atoms. The van der Waals surface area contributed by atoms with E-state index in [-0.39, 0.29) is 196 Å². The van der Waals surface area contributed by atoms with Gasteiger partial charge < -0.3 is 177 Å². The van der Waals surface area contributed by atoms with E-state index in [0.29, 0.717) is 135 Å². The molecule has 7 aliphatic rings. The lowest BCUT2D eigenvalue weighted by Gasteiger charge is -2.42. The third-order valence-corrected chi connectivity index (χ3v) is 21.3. The summed E-state index contributed by atoms with van der Waals surface area (Å²) in [7, 11) is 0. The van der Waals surface area contributed by atoms with Crippen molar-refractivity contribution in [3.05, 3.63) is 35.7 Å². The first-order valence-corrected chi connectivity index (χ1v) is 43.9. The Morgan fingerprint density at radius 3 is 1.21 bits per heavy atom. The molecular formula is C79H133N15O35. The fourth-order valence-corrected chi connectivity index (χ4v) is 14.6. The number of fused-ring (bicyclic) bond motifs is 6. The summed E-state index contributed by atoms with van der Waals surface area (Å²) < 4.78 is 143. The van der Waals surface area contributed by atoms with Crippen molar-refractivity contribution in [3.63, 3.8) is 0 Å². The molecule has 7 fully saturated rings. The molecule has 0 aliphatic carbocycles. The molecule has 5 amide bonds. The van der Waals surface area contributed by atoms with Gasteiger partial charge in [0.1, 0.15) is 95.2 Å². The molecule has 734 valence electrons. The van der Waals surface area contributed by atoms with Crippen LogP contribution in [0.1, 0.15) is 89.2 Å². The lowest BCUT2D eigenvalue weighted by atomic mass is 9.88. The normalized spacial score (nSPS) is 27.5. The summed E-state index contributed by atoms with van der Waals surface area (Å²) >= 11 is 0. The molecule has 3 aromatic heterocycles. The number of carbonyl (C=O) groups excluding carboxylic acids is 5. The summed E-state index contributed by atoms with van der Waals surface area (Å²) in [4.78, 5) is 61.8. The average molecular weight is 1850 g/mol. The van der Waals surface area contributed by atoms with Gasteiger partial charge in [0.05, 0.1) is 269 Å². The molecule has 13 N–H and O–H groups in total. The van der Waals surface area contributed by atoms with Gasteiger partial charge in [-0.1, -0.05) is 28.5 Å². The zero-order chi connectivity index (χ0) is 91.5. The van der Waals surface area contributed by atoms with Gasteiger partial charge in [-0.25, -0.2) is 14.0 Å². The number of nitrogens with two attached hydrogens (primary N) is 1. The van der Waals surface area contributed by atoms with Gasteiger partial charge in [-0.15, -0.1) is 15.3 Å². The summed E-state index contributed by atoms with van der Waals surface area (Å²) in [6.07, 6.45) is -1.36. The van der Waals surface area contributed by atoms with Crippen LogP contribution in [0.4, 0.5) is 0 Å². The highest BCUT2D eigenvalue weighted by molar-refractivity contribution is 5.77. The Hall–Kier alpha value is -6.47. The molecule has 0 radical (unpaired) electrons. The van der Waals surface area contributed by atoms with Gasteiger partial charge in [-0.3, -0.25) is 24.0 Å². The molecule has 15 atom stereocenters. The number of ether oxygens (including phenoxy) is 24. The van der Waals surface area contributed by atoms with Gasteiger partial charge in [0.15, 0.2) is 18.9 Å². The molecule has 6 bridgehead atoms. The quantitative estimate of drug-likeness (QED) is 0.0234. The van der Waals surface area contributed by atoms with E-state index in [0.717, 1.165) is 12.8 Å². The van der Waals surface area contributed by atoms with Gasteiger partial charge >= 0.3 is 0 Å². The molecule has 10 rings (SSSR count). The Morgan fingerprint density at radius 1 is 0.426 bits per heavy atom. The first-order valence-electron chi connectivity index (χ1n) is 43.9. The second-order valence-corrected chi connectivity index (χ2v) is 32.1. The van der Waals surface area contributed by atoms with E-state index in [1.807, 2.05) is 0 Å². The molecular weight excluding hydrogens is 1720 g/mol. The Labute approximate surface area is 746 Å². The first kappa shape index (κ1) is 105. The summed E-state index contributed by atoms with van der Waals surface area (Å²) in [5.41, 5.74) is 3.37. The van der Waals surface area contributed by atoms with Gasteiger partial charge in [-0.2, -0.15) is 0 Å². The Balaban J connectivity index is 0.653. The van der Waals surface area contributed by atoms with Crippen LogP contribution < -0.4 is 32.3 Å². The van der Waals surface area contributed by atoms with Crippen molar-refractivity contribution in [2.45, 2.75) is 220 Å². The molecule has 7 aliphatic heterocycles. The Kier molecular flexibility index (Phi) is 45.4. The fraction of sp³-hybridized carbons (Fsp3) is 0.861. The number of nitrogens with one attached hydrogen (secondary N) is 5. The lowest BCUT2D eigenvalue weighted by molar-refractivity contribution is -0.320. The minimum absolute atomic E-state index is 0.0194. The predicted molar refractivity (Wildman–Crippen MR) is 434 cm³/mol. The highest BCUT2D eigenvalue weighted by atomic mass is 16.9. The largest absolute Gasteiger partial charge is 0.388 e. The predicted octanol–water partition coefficient (Wildman–Crippen LogP) is -6.61. The molecule has 0 unspecified atom stereocenters. The number of nitrogens with zero attached hydrogens (tertiary/aromatic N) is 9. The van der Waals surface area contributed by atoms with Crippen molar-refractivity contribution < 1.29 is 168 Å². The van der Waals surface area contributed by atoms with Gasteiger partial charge in [0, 0.05) is 40.2 Å². The van der Waals surface area contributed by atoms with E-state index in [9.17, 15) is 54.6 Å². The monoisotopic (exact) mass is 1850 g/mol. The minimum atomic E-state index is -1.60. The van der Waals surface area contributed by atoms with Crippen molar-refractivity contribution >= 4 is 29.5 Å². The molecule has 10 heterocycles. The van der Waals surface area contributed by atoms with Crippen LogP contribution in [-0.2, 0) is 177 Å². The molecule has 0 spiro atoms. The number of aliphatic hydroxyl groups is 6. The van der Waals surface area contributed by atoms with E-state index < -0.39 is 120 Å². The second-order valence-electron chi connectivity index (χ2n) is 32.1. The summed E-state index contributed by atoms with van der Waals surface area (Å²) in [6.45, 7) is 10.3. The Morgan fingerprint density at radius 2 is 0.791 bits per heavy atom. The van der Waals surface area contributed by atoms with Crippen LogP contribution >= 0.6 is 0 Å². The van der Waals surface area contributed by atoms with E-state index in [2.05, 4.69) is 57.5 Å². The topological polar surface area (TPSA) is 607 Å². The maximum atomic E-state index is 14.3. The van der Waals surface area contributed by atoms with E-state index in [1.165, 1.54) is 20.8 Å². The SMILES string of the molecule is CC(=O)N[C@H]1[C@@H]2OC[C@](COCCOCCOCCOCCn3cc(COCC(COCc4cn(CCOCCOCCOCCOC[C@@]56CO[C@H](O5)[C@H](NC(C)=O)[C@@H](O)[C@H]6O)nn4)(COCc4cn(CCOCCOCCOCCO[C@@]56CO[C@@H](O5)[C@H](NC(C)=O)[C@@H](O)[C@H]6O)nn4)NC(=O)CCCCCNC(=O)CCCCCOC4OCC(N)CO4)nn3)(O2)[C@H](O)[C@@H]1O. The van der Waals surface area contributed by atoms with Crippen LogP contribution in [0, 0.1) is 0 Å². The van der Waals surface area contributed by atoms with Crippen molar-refractivity contribution in [1.82, 2.24) is 71.6 Å². The molecule has 0 saturated carbocycles. The number of hydrogen-bond acceptors (Lipinski definition) is 42. The van der Waals surface area contributed by atoms with Gasteiger partial charge in [0.2, 0.25) is 35.3 Å². The van der Waals surface area contributed by atoms with Crippen LogP contribution in [0.5, 0.6) is 0 Å². The number of hydrogen-bond donors (Lipinski definition) is 12. The number of amides is 5. The number of carbonyl (C=O) groups is 5. The average Bonchev–Trinajstić information content (AvgIpc) is 1.63. The number of aliphatic hydroxyl groups excluding tert-OH is 6. The number of unbranched alkanes of at least 4 members (excludes halogenated alkanes) is 4. The van der Waals surface area contributed by atoms with Crippen molar-refractivity contribution in [2.24, 2.45) is 5.73 Å². The van der Waals surface area contributed by atoms with Crippen molar-refractivity contribution in [2.75, 3.05) is 218 Å². The maximum absolute atomic E-state index is 14.3.